The number of hydrogen-bond donors (Lipinski definition) is 3. The number of esters is 3. The van der Waals surface area contributed by atoms with Crippen LogP contribution in [0, 0.1) is 0 Å². The van der Waals surface area contributed by atoms with E-state index in [1.54, 1.807) is 0 Å². The van der Waals surface area contributed by atoms with Crippen LogP contribution in [0.5, 0.6) is 0 Å². The van der Waals surface area contributed by atoms with Gasteiger partial charge < -0.3 is 39.0 Å². The van der Waals surface area contributed by atoms with Crippen molar-refractivity contribution in [3.63, 3.8) is 0 Å². The maximum Gasteiger partial charge on any atom is 0.335 e. The smallest absolute Gasteiger partial charge is 0.335 e. The van der Waals surface area contributed by atoms with Crippen LogP contribution >= 0.6 is 0 Å². The minimum atomic E-state index is -1.90. The third-order valence-electron chi connectivity index (χ3n) is 14.8. The average Bonchev–Trinajstić information content (AvgIpc) is 3.39. The van der Waals surface area contributed by atoms with Crippen LogP contribution in [-0.4, -0.2) is 89.2 Å². The van der Waals surface area contributed by atoms with Crippen LogP contribution < -0.4 is 0 Å². The summed E-state index contributed by atoms with van der Waals surface area (Å²) in [4.78, 5) is 51.1. The Morgan fingerprint density at radius 1 is 0.427 bits per heavy atom. The molecule has 12 heteroatoms. The van der Waals surface area contributed by atoms with E-state index in [-0.39, 0.29) is 25.9 Å². The Morgan fingerprint density at radius 3 is 1.13 bits per heavy atom. The Bertz CT molecular complexity index is 1360. The fourth-order valence-corrected chi connectivity index (χ4v) is 9.95. The van der Waals surface area contributed by atoms with Crippen molar-refractivity contribution in [2.45, 2.75) is 353 Å². The predicted octanol–water partition coefficient (Wildman–Crippen LogP) is 16.5. The highest BCUT2D eigenvalue weighted by atomic mass is 16.7. The summed E-state index contributed by atoms with van der Waals surface area (Å²) >= 11 is 0. The summed E-state index contributed by atoms with van der Waals surface area (Å²) in [5, 5.41) is 31.5. The summed E-state index contributed by atoms with van der Waals surface area (Å²) in [5.41, 5.74) is 0. The van der Waals surface area contributed by atoms with Crippen molar-refractivity contribution in [3.05, 3.63) is 12.2 Å². The highest BCUT2D eigenvalue weighted by molar-refractivity contribution is 5.74. The molecular weight excluding hydrogens is 949 g/mol. The van der Waals surface area contributed by atoms with Gasteiger partial charge in [0.25, 0.3) is 0 Å². The number of ether oxygens (including phenoxy) is 5. The van der Waals surface area contributed by atoms with Gasteiger partial charge in [0, 0.05) is 19.3 Å². The molecule has 0 saturated carbocycles. The molecule has 440 valence electrons. The Hall–Kier alpha value is -2.54. The summed E-state index contributed by atoms with van der Waals surface area (Å²) in [6.07, 6.45) is 46.2. The summed E-state index contributed by atoms with van der Waals surface area (Å²) in [6, 6.07) is 0. The number of carboxylic acids is 1. The lowest BCUT2D eigenvalue weighted by molar-refractivity contribution is -0.301. The first-order valence-corrected chi connectivity index (χ1v) is 31.7. The van der Waals surface area contributed by atoms with Gasteiger partial charge in [-0.3, -0.25) is 14.4 Å². The van der Waals surface area contributed by atoms with E-state index in [2.05, 4.69) is 32.9 Å². The van der Waals surface area contributed by atoms with Crippen molar-refractivity contribution in [2.75, 3.05) is 13.2 Å². The zero-order valence-electron chi connectivity index (χ0n) is 48.6. The van der Waals surface area contributed by atoms with Crippen LogP contribution in [0.3, 0.4) is 0 Å². The van der Waals surface area contributed by atoms with E-state index in [9.17, 15) is 34.5 Å². The monoisotopic (exact) mass is 1060 g/mol. The van der Waals surface area contributed by atoms with Gasteiger partial charge in [-0.2, -0.15) is 0 Å². The highest BCUT2D eigenvalue weighted by Gasteiger charge is 2.50. The molecule has 1 rings (SSSR count). The second-order valence-electron chi connectivity index (χ2n) is 22.1. The first kappa shape index (κ1) is 70.5. The van der Waals surface area contributed by atoms with Gasteiger partial charge in [0.1, 0.15) is 18.8 Å². The number of allylic oxidation sites excluding steroid dienone is 2. The zero-order chi connectivity index (χ0) is 54.7. The molecule has 0 spiro atoms. The number of hydrogen-bond acceptors (Lipinski definition) is 11. The number of aliphatic carboxylic acids is 1. The lowest BCUT2D eigenvalue weighted by atomic mass is 9.98. The highest BCUT2D eigenvalue weighted by Crippen LogP contribution is 2.27. The molecule has 6 unspecified atom stereocenters. The fourth-order valence-electron chi connectivity index (χ4n) is 9.95. The first-order valence-electron chi connectivity index (χ1n) is 31.7. The van der Waals surface area contributed by atoms with Crippen LogP contribution in [0.2, 0.25) is 0 Å². The normalized spacial score (nSPS) is 18.1. The Labute approximate surface area is 458 Å². The maximum absolute atomic E-state index is 13.1. The Kier molecular flexibility index (Phi) is 49.0. The summed E-state index contributed by atoms with van der Waals surface area (Å²) in [6.45, 7) is 6.01. The first-order chi connectivity index (χ1) is 36.6. The van der Waals surface area contributed by atoms with Crippen molar-refractivity contribution < 1.29 is 58.2 Å². The molecule has 75 heavy (non-hydrogen) atoms. The second-order valence-corrected chi connectivity index (χ2v) is 22.1. The topological polar surface area (TPSA) is 175 Å². The quantitative estimate of drug-likeness (QED) is 0.0228. The van der Waals surface area contributed by atoms with Gasteiger partial charge in [0.05, 0.1) is 6.61 Å². The minimum Gasteiger partial charge on any atom is -0.479 e. The molecule has 3 N–H and O–H groups in total. The van der Waals surface area contributed by atoms with E-state index >= 15 is 0 Å². The third-order valence-corrected chi connectivity index (χ3v) is 14.8. The van der Waals surface area contributed by atoms with Crippen LogP contribution in [0.4, 0.5) is 0 Å². The molecular formula is C63H116O12. The van der Waals surface area contributed by atoms with Crippen molar-refractivity contribution >= 4 is 23.9 Å². The molecule has 0 radical (unpaired) electrons. The number of aliphatic hydroxyl groups excluding tert-OH is 2. The average molecular weight is 1070 g/mol. The lowest BCUT2D eigenvalue weighted by Crippen LogP contribution is -2.61. The number of carbonyl (C=O) groups excluding carboxylic acids is 3. The van der Waals surface area contributed by atoms with Gasteiger partial charge >= 0.3 is 23.9 Å². The van der Waals surface area contributed by atoms with E-state index < -0.39 is 67.3 Å². The van der Waals surface area contributed by atoms with Gasteiger partial charge in [-0.15, -0.1) is 0 Å². The van der Waals surface area contributed by atoms with Crippen molar-refractivity contribution in [3.8, 4) is 0 Å². The Balaban J connectivity index is 2.58. The van der Waals surface area contributed by atoms with Crippen molar-refractivity contribution in [1.82, 2.24) is 0 Å². The molecule has 1 aliphatic heterocycles. The van der Waals surface area contributed by atoms with Crippen molar-refractivity contribution in [1.29, 1.82) is 0 Å². The van der Waals surface area contributed by atoms with Gasteiger partial charge in [-0.25, -0.2) is 4.79 Å². The van der Waals surface area contributed by atoms with Crippen LogP contribution in [-0.2, 0) is 42.9 Å². The van der Waals surface area contributed by atoms with Gasteiger partial charge in [0.2, 0.25) is 0 Å². The number of aliphatic hydroxyl groups is 2. The molecule has 0 aromatic heterocycles. The van der Waals surface area contributed by atoms with Gasteiger partial charge in [0.15, 0.2) is 24.6 Å². The zero-order valence-corrected chi connectivity index (χ0v) is 48.6. The molecule has 1 fully saturated rings. The van der Waals surface area contributed by atoms with Crippen molar-refractivity contribution in [2.24, 2.45) is 0 Å². The fraction of sp³-hybridized carbons (Fsp3) is 0.905. The molecule has 1 heterocycles. The molecule has 0 aliphatic carbocycles. The maximum atomic E-state index is 13.1. The third kappa shape index (κ3) is 42.1. The molecule has 6 atom stereocenters. The molecule has 0 amide bonds. The molecule has 0 aromatic carbocycles. The SMILES string of the molecule is CCCCCCCC/C=C\CCCCCCCCCCCC(=O)OCC(COC1OC(C(=O)O)C(O)C(O)C1OC(=O)CCCCCCCCCCCCCCCCCCC)OC(=O)CCCCCCCCCCC. The van der Waals surface area contributed by atoms with E-state index in [0.717, 1.165) is 57.8 Å². The van der Waals surface area contributed by atoms with E-state index in [1.807, 2.05) is 0 Å². The number of unbranched alkanes of at least 4 members (excludes halogenated alkanes) is 39. The summed E-state index contributed by atoms with van der Waals surface area (Å²) < 4.78 is 28.5. The van der Waals surface area contributed by atoms with Crippen LogP contribution in [0.1, 0.15) is 316 Å². The molecule has 0 bridgehead atoms. The molecule has 0 aromatic rings. The van der Waals surface area contributed by atoms with Gasteiger partial charge in [-0.1, -0.05) is 264 Å². The Morgan fingerprint density at radius 2 is 0.760 bits per heavy atom. The van der Waals surface area contributed by atoms with E-state index in [4.69, 9.17) is 23.7 Å². The largest absolute Gasteiger partial charge is 0.479 e. The summed E-state index contributed by atoms with van der Waals surface area (Å²) in [7, 11) is 0. The second kappa shape index (κ2) is 52.2. The lowest BCUT2D eigenvalue weighted by Gasteiger charge is -2.40. The minimum absolute atomic E-state index is 0.0692. The number of carbonyl (C=O) groups is 4. The van der Waals surface area contributed by atoms with Crippen LogP contribution in [0.25, 0.3) is 0 Å². The number of carboxylic acid groups (broad SMARTS) is 1. The van der Waals surface area contributed by atoms with Gasteiger partial charge in [-0.05, 0) is 44.9 Å². The number of rotatable bonds is 55. The van der Waals surface area contributed by atoms with E-state index in [1.165, 1.54) is 199 Å². The van der Waals surface area contributed by atoms with E-state index in [0.29, 0.717) is 19.3 Å². The standard InChI is InChI=1S/C63H116O12/c1-4-7-10-13-16-19-21-23-25-27-28-30-31-33-35-38-40-43-46-49-55(64)71-52-54(73-56(65)50-47-44-41-37-18-15-12-9-6-3)53-72-63-61(59(68)58(67)60(75-63)62(69)70)74-57(66)51-48-45-42-39-36-34-32-29-26-24-22-20-17-14-11-8-5-2/h23,25,54,58-61,63,67-68H,4-22,24,26-53H2,1-3H3,(H,69,70)/b25-23-. The molecule has 12 nitrogen and oxygen atoms in total. The summed E-state index contributed by atoms with van der Waals surface area (Å²) in [5.74, 6) is -3.08. The molecule has 1 saturated heterocycles. The molecule has 1 aliphatic rings. The van der Waals surface area contributed by atoms with Crippen LogP contribution in [0.15, 0.2) is 12.2 Å². The predicted molar refractivity (Wildman–Crippen MR) is 304 cm³/mol.